The molecule has 2 N–H and O–H groups in total. The van der Waals surface area contributed by atoms with E-state index in [0.29, 0.717) is 24.7 Å². The fraction of sp³-hybridized carbons (Fsp3) is 0.667. The van der Waals surface area contributed by atoms with Gasteiger partial charge in [0.05, 0.1) is 30.8 Å². The van der Waals surface area contributed by atoms with Crippen molar-refractivity contribution < 1.29 is 38.1 Å². The van der Waals surface area contributed by atoms with Gasteiger partial charge < -0.3 is 29.6 Å². The molecule has 94 heavy (non-hydrogen) atoms. The van der Waals surface area contributed by atoms with Crippen LogP contribution in [-0.4, -0.2) is 60.6 Å². The summed E-state index contributed by atoms with van der Waals surface area (Å²) in [5.74, 6) is 4.35. The van der Waals surface area contributed by atoms with E-state index in [9.17, 15) is 19.2 Å². The van der Waals surface area contributed by atoms with Crippen LogP contribution in [0.2, 0.25) is 0 Å². The van der Waals surface area contributed by atoms with Gasteiger partial charge in [-0.15, -0.1) is 0 Å². The number of ether oxygens (including phenoxy) is 4. The number of aryl methyl sites for hydroxylation is 6. The number of nitrogens with one attached hydrogen (secondary N) is 2. The summed E-state index contributed by atoms with van der Waals surface area (Å²) in [5, 5.41) is 5.63. The molecule has 0 aromatic heterocycles. The fourth-order valence-corrected chi connectivity index (χ4v) is 11.4. The molecule has 0 radical (unpaired) electrons. The maximum absolute atomic E-state index is 12.2. The normalized spacial score (nSPS) is 11.4. The molecule has 0 heterocycles. The van der Waals surface area contributed by atoms with Crippen LogP contribution in [0.5, 0.6) is 0 Å². The van der Waals surface area contributed by atoms with Gasteiger partial charge in [0, 0.05) is 23.9 Å². The first-order valence-corrected chi connectivity index (χ1v) is 36.0. The van der Waals surface area contributed by atoms with Crippen molar-refractivity contribution in [3.63, 3.8) is 0 Å². The molecule has 4 rings (SSSR count). The second-order valence-electron chi connectivity index (χ2n) is 31.8. The second-order valence-corrected chi connectivity index (χ2v) is 31.8. The molecule has 4 aromatic rings. The number of rotatable bonds is 26. The predicted octanol–water partition coefficient (Wildman–Crippen LogP) is 22.2. The summed E-state index contributed by atoms with van der Waals surface area (Å²) in [6.07, 6.45) is 9.27. The second kappa shape index (κ2) is 46.5. The van der Waals surface area contributed by atoms with Gasteiger partial charge >= 0.3 is 18.2 Å². The van der Waals surface area contributed by atoms with Crippen LogP contribution in [0.3, 0.4) is 0 Å². The molecule has 2 amide bonds. The Morgan fingerprint density at radius 2 is 0.745 bits per heavy atom. The number of amides is 2. The summed E-state index contributed by atoms with van der Waals surface area (Å²) >= 11 is 0. The quantitative estimate of drug-likeness (QED) is 0.0470. The molecule has 536 valence electrons. The standard InChI is InChI=1S/C20H33NO.C20H32O2.2C15H24.C7H15NO2.C7H14O3/c1-13(2)9-17-11-15(5)10-16(6)19(17)20(7,8)12-18(22)21-14(3)4;1-13(2)9-17-11-15(5)10-16(6)19(17)20(7,8)12-18(21)22-14(3)4;1-12(2)5-6-14-7-9-15(10-8-14)11-13(3)4;1-12(2)9-10-14-7-5-6-8-15(14)11-13(3)4;1-5(2)8-7(9)10-6(3)4;1-5(2)9-7(8)10-6(3)4/h10-11,13-14H,9,12H2,1-8H3,(H,21,22);10-11,13-14H,9,12H2,1-8H3;7-10,12-13H,5-6,11H2,1-4H3;5-8,12-13H,9-11H2,1-4H3;5-6H,1-4H3,(H,8,9);5-6H,1-4H3. The van der Waals surface area contributed by atoms with Crippen molar-refractivity contribution in [2.24, 2.45) is 35.5 Å². The van der Waals surface area contributed by atoms with Crippen LogP contribution in [-0.2, 0) is 77.9 Å². The van der Waals surface area contributed by atoms with E-state index in [1.807, 2.05) is 55.4 Å². The third-order valence-electron chi connectivity index (χ3n) is 14.6. The number of alkyl carbamates (subject to hydrolysis) is 1. The van der Waals surface area contributed by atoms with E-state index in [0.717, 1.165) is 36.5 Å². The minimum Gasteiger partial charge on any atom is -0.463 e. The summed E-state index contributed by atoms with van der Waals surface area (Å²) in [5.41, 5.74) is 16.3. The molecule has 0 spiro atoms. The van der Waals surface area contributed by atoms with Gasteiger partial charge in [-0.3, -0.25) is 9.59 Å². The summed E-state index contributed by atoms with van der Waals surface area (Å²) in [6.45, 7) is 66.9. The van der Waals surface area contributed by atoms with Crippen molar-refractivity contribution in [2.75, 3.05) is 0 Å². The van der Waals surface area contributed by atoms with Crippen molar-refractivity contribution in [3.05, 3.63) is 140 Å². The van der Waals surface area contributed by atoms with Gasteiger partial charge in [0.15, 0.2) is 0 Å². The third-order valence-corrected chi connectivity index (χ3v) is 14.6. The van der Waals surface area contributed by atoms with Gasteiger partial charge in [-0.25, -0.2) is 9.59 Å². The molecule has 0 aliphatic rings. The Bertz CT molecular complexity index is 2590. The van der Waals surface area contributed by atoms with Crippen molar-refractivity contribution >= 4 is 24.1 Å². The molecule has 4 aromatic carbocycles. The third kappa shape index (κ3) is 44.2. The van der Waals surface area contributed by atoms with Crippen LogP contribution in [0.15, 0.2) is 72.8 Å². The lowest BCUT2D eigenvalue weighted by Gasteiger charge is -2.30. The molecule has 0 atom stereocenters. The number of benzene rings is 4. The Morgan fingerprint density at radius 3 is 1.12 bits per heavy atom. The largest absolute Gasteiger partial charge is 0.508 e. The molecule has 0 unspecified atom stereocenters. The molecule has 0 saturated heterocycles. The van der Waals surface area contributed by atoms with E-state index in [-0.39, 0.29) is 65.3 Å². The number of hydrogen-bond acceptors (Lipinski definition) is 8. The van der Waals surface area contributed by atoms with Crippen molar-refractivity contribution in [1.82, 2.24) is 10.6 Å². The van der Waals surface area contributed by atoms with Gasteiger partial charge in [-0.05, 0) is 259 Å². The number of carbonyl (C=O) groups is 4. The van der Waals surface area contributed by atoms with Crippen molar-refractivity contribution in [3.8, 4) is 0 Å². The van der Waals surface area contributed by atoms with Crippen LogP contribution in [0, 0.1) is 63.2 Å². The van der Waals surface area contributed by atoms with E-state index in [1.165, 1.54) is 94.2 Å². The Labute approximate surface area is 578 Å². The average Bonchev–Trinajstić information content (AvgIpc) is 0.801. The minimum atomic E-state index is -0.593. The SMILES string of the molecule is CC(C)CCc1ccc(CC(C)C)cc1.CC(C)CCc1ccccc1CC(C)C.CC(C)NC(=O)OC(C)C.CC(C)OC(=O)OC(C)C.Cc1cc(C)c(C(C)(C)CC(=O)NC(C)C)c(CC(C)C)c1.Cc1cc(C)c(C(C)(C)CC(=O)OC(C)C)c(CC(C)C)c1. The molecule has 10 nitrogen and oxygen atoms in total. The number of hydrogen-bond donors (Lipinski definition) is 2. The first kappa shape index (κ1) is 90.4. The molecular weight excluding hydrogens is 1160 g/mol. The molecule has 0 aliphatic carbocycles. The van der Waals surface area contributed by atoms with Gasteiger partial charge in [0.25, 0.3) is 0 Å². The lowest BCUT2D eigenvalue weighted by Crippen LogP contribution is -2.35. The van der Waals surface area contributed by atoms with Crippen LogP contribution >= 0.6 is 0 Å². The number of carbonyl (C=O) groups excluding carboxylic acids is 4. The van der Waals surface area contributed by atoms with Crippen LogP contribution < -0.4 is 10.6 Å². The lowest BCUT2D eigenvalue weighted by molar-refractivity contribution is -0.148. The van der Waals surface area contributed by atoms with Gasteiger partial charge in [0.2, 0.25) is 5.91 Å². The Morgan fingerprint density at radius 1 is 0.383 bits per heavy atom. The summed E-state index contributed by atoms with van der Waals surface area (Å²) in [6, 6.07) is 27.4. The molecule has 10 heteroatoms. The fourth-order valence-electron chi connectivity index (χ4n) is 11.4. The van der Waals surface area contributed by atoms with Crippen molar-refractivity contribution in [1.29, 1.82) is 0 Å². The highest BCUT2D eigenvalue weighted by Crippen LogP contribution is 2.37. The van der Waals surface area contributed by atoms with E-state index >= 15 is 0 Å². The lowest BCUT2D eigenvalue weighted by atomic mass is 9.74. The Hall–Kier alpha value is -5.64. The van der Waals surface area contributed by atoms with E-state index in [4.69, 9.17) is 18.9 Å². The van der Waals surface area contributed by atoms with Gasteiger partial charge in [-0.1, -0.05) is 195 Å². The minimum absolute atomic E-state index is 0.0428. The van der Waals surface area contributed by atoms with E-state index in [2.05, 4.69) is 222 Å². The molecule has 0 saturated carbocycles. The maximum atomic E-state index is 12.2. The van der Waals surface area contributed by atoms with Crippen LogP contribution in [0.25, 0.3) is 0 Å². The summed E-state index contributed by atoms with van der Waals surface area (Å²) < 4.78 is 19.6. The Kier molecular flexibility index (Phi) is 44.7. The highest BCUT2D eigenvalue weighted by molar-refractivity contribution is 5.78. The first-order chi connectivity index (χ1) is 43.3. The van der Waals surface area contributed by atoms with Crippen molar-refractivity contribution in [2.45, 2.75) is 333 Å². The first-order valence-electron chi connectivity index (χ1n) is 36.0. The highest BCUT2D eigenvalue weighted by Gasteiger charge is 2.31. The summed E-state index contributed by atoms with van der Waals surface area (Å²) in [7, 11) is 0. The topological polar surface area (TPSA) is 129 Å². The molecule has 0 aliphatic heterocycles. The zero-order chi connectivity index (χ0) is 73.0. The van der Waals surface area contributed by atoms with Crippen LogP contribution in [0.4, 0.5) is 9.59 Å². The average molecular weight is 1310 g/mol. The number of esters is 1. The highest BCUT2D eigenvalue weighted by atomic mass is 16.7. The maximum Gasteiger partial charge on any atom is 0.508 e. The van der Waals surface area contributed by atoms with E-state index in [1.54, 1.807) is 38.8 Å². The summed E-state index contributed by atoms with van der Waals surface area (Å²) in [4.78, 5) is 45.7. The van der Waals surface area contributed by atoms with Gasteiger partial charge in [-0.2, -0.15) is 0 Å². The van der Waals surface area contributed by atoms with Crippen LogP contribution in [0.1, 0.15) is 286 Å². The monoisotopic (exact) mass is 1310 g/mol. The molecule has 0 fully saturated rings. The van der Waals surface area contributed by atoms with E-state index < -0.39 is 6.16 Å². The zero-order valence-corrected chi connectivity index (χ0v) is 66.2. The predicted molar refractivity (Wildman–Crippen MR) is 403 cm³/mol. The van der Waals surface area contributed by atoms with Gasteiger partial charge in [0.1, 0.15) is 0 Å². The zero-order valence-electron chi connectivity index (χ0n) is 66.2. The Balaban J connectivity index is 0. The smallest absolute Gasteiger partial charge is 0.463 e. The molecular formula is C84H142N2O8. The molecule has 0 bridgehead atoms.